The second kappa shape index (κ2) is 7.64. The molecule has 2 aromatic carbocycles. The van der Waals surface area contributed by atoms with Crippen molar-refractivity contribution in [2.75, 3.05) is 6.54 Å². The Labute approximate surface area is 145 Å². The van der Waals surface area contributed by atoms with Crippen molar-refractivity contribution in [2.24, 2.45) is 12.2 Å². The summed E-state index contributed by atoms with van der Waals surface area (Å²) < 4.78 is 1.61. The van der Waals surface area contributed by atoms with Gasteiger partial charge >= 0.3 is 0 Å². The van der Waals surface area contributed by atoms with Gasteiger partial charge in [-0.2, -0.15) is 0 Å². The fourth-order valence-corrected chi connectivity index (χ4v) is 3.00. The van der Waals surface area contributed by atoms with Crippen molar-refractivity contribution in [2.45, 2.75) is 18.8 Å². The quantitative estimate of drug-likeness (QED) is 0.388. The molecule has 0 spiro atoms. The molecule has 126 valence electrons. The molecular formula is C19H19N5O. The molecule has 0 amide bonds. The van der Waals surface area contributed by atoms with Gasteiger partial charge in [-0.25, -0.2) is 4.98 Å². The summed E-state index contributed by atoms with van der Waals surface area (Å²) in [6.07, 6.45) is 1.49. The van der Waals surface area contributed by atoms with Crippen LogP contribution in [-0.2, 0) is 13.5 Å². The molecule has 25 heavy (non-hydrogen) atoms. The second-order valence-corrected chi connectivity index (χ2v) is 5.98. The van der Waals surface area contributed by atoms with Gasteiger partial charge in [0.1, 0.15) is 5.69 Å². The summed E-state index contributed by atoms with van der Waals surface area (Å²) in [5.41, 5.74) is 11.8. The highest BCUT2D eigenvalue weighted by atomic mass is 16.1. The van der Waals surface area contributed by atoms with Crippen LogP contribution in [0.4, 0.5) is 0 Å². The highest BCUT2D eigenvalue weighted by Crippen LogP contribution is 2.21. The van der Waals surface area contributed by atoms with E-state index in [-0.39, 0.29) is 18.0 Å². The van der Waals surface area contributed by atoms with Gasteiger partial charge in [0.05, 0.1) is 11.0 Å². The van der Waals surface area contributed by atoms with Crippen molar-refractivity contribution < 1.29 is 0 Å². The molecule has 1 aromatic heterocycles. The molecule has 0 bridgehead atoms. The van der Waals surface area contributed by atoms with Crippen molar-refractivity contribution in [1.29, 1.82) is 0 Å². The highest BCUT2D eigenvalue weighted by molar-refractivity contribution is 5.74. The Morgan fingerprint density at radius 3 is 2.64 bits per heavy atom. The number of para-hydroxylation sites is 2. The van der Waals surface area contributed by atoms with Gasteiger partial charge in [-0.15, -0.1) is 0 Å². The lowest BCUT2D eigenvalue weighted by molar-refractivity contribution is 0.603. The first-order chi connectivity index (χ1) is 12.2. The van der Waals surface area contributed by atoms with E-state index in [9.17, 15) is 4.79 Å². The van der Waals surface area contributed by atoms with Crippen LogP contribution in [0.5, 0.6) is 0 Å². The van der Waals surface area contributed by atoms with E-state index in [0.29, 0.717) is 12.1 Å². The Hall–Kier alpha value is -3.11. The van der Waals surface area contributed by atoms with E-state index < -0.39 is 0 Å². The molecule has 6 heteroatoms. The number of azide groups is 1. The molecule has 1 heterocycles. The molecule has 3 rings (SSSR count). The largest absolute Gasteiger partial charge is 0.308 e. The van der Waals surface area contributed by atoms with Crippen LogP contribution >= 0.6 is 0 Å². The van der Waals surface area contributed by atoms with E-state index in [1.165, 1.54) is 5.56 Å². The Balaban J connectivity index is 1.98. The van der Waals surface area contributed by atoms with Crippen molar-refractivity contribution >= 4 is 11.0 Å². The van der Waals surface area contributed by atoms with Gasteiger partial charge in [0.25, 0.3) is 5.56 Å². The normalized spacial score (nSPS) is 11.9. The minimum absolute atomic E-state index is 0.134. The third-order valence-electron chi connectivity index (χ3n) is 4.38. The monoisotopic (exact) mass is 333 g/mol. The average molecular weight is 333 g/mol. The van der Waals surface area contributed by atoms with E-state index in [1.807, 2.05) is 42.5 Å². The zero-order valence-electron chi connectivity index (χ0n) is 14.0. The van der Waals surface area contributed by atoms with Crippen LogP contribution in [0.3, 0.4) is 0 Å². The van der Waals surface area contributed by atoms with Crippen molar-refractivity contribution in [1.82, 2.24) is 9.55 Å². The predicted molar refractivity (Wildman–Crippen MR) is 98.5 cm³/mol. The first kappa shape index (κ1) is 16.7. The van der Waals surface area contributed by atoms with Crippen LogP contribution in [0.1, 0.15) is 23.6 Å². The van der Waals surface area contributed by atoms with Crippen LogP contribution in [0.15, 0.2) is 64.5 Å². The lowest BCUT2D eigenvalue weighted by atomic mass is 9.96. The molecule has 0 N–H and O–H groups in total. The summed E-state index contributed by atoms with van der Waals surface area (Å²) in [6.45, 7) is 0.226. The van der Waals surface area contributed by atoms with E-state index in [0.717, 1.165) is 17.5 Å². The number of rotatable bonds is 6. The summed E-state index contributed by atoms with van der Waals surface area (Å²) in [4.78, 5) is 20.2. The standard InChI is InChI=1S/C19H19N5O/c1-24-17-10-6-5-9-16(17)22-18(19(24)25)15(13-21-23-20)12-11-14-7-3-2-4-8-14/h2-10,15H,11-13H2,1H3. The first-order valence-electron chi connectivity index (χ1n) is 8.21. The van der Waals surface area contributed by atoms with Crippen LogP contribution in [0, 0.1) is 0 Å². The fourth-order valence-electron chi connectivity index (χ4n) is 3.00. The topological polar surface area (TPSA) is 83.7 Å². The molecule has 0 aliphatic rings. The minimum Gasteiger partial charge on any atom is -0.308 e. The van der Waals surface area contributed by atoms with Gasteiger partial charge in [-0.3, -0.25) is 4.79 Å². The molecule has 3 aromatic rings. The Morgan fingerprint density at radius 1 is 1.16 bits per heavy atom. The number of benzene rings is 2. The molecule has 1 unspecified atom stereocenters. The third-order valence-corrected chi connectivity index (χ3v) is 4.38. The smallest absolute Gasteiger partial charge is 0.272 e. The summed E-state index contributed by atoms with van der Waals surface area (Å²) in [6, 6.07) is 17.6. The molecule has 0 saturated heterocycles. The lowest BCUT2D eigenvalue weighted by Gasteiger charge is -2.16. The van der Waals surface area contributed by atoms with Crippen LogP contribution in [0.2, 0.25) is 0 Å². The summed E-state index contributed by atoms with van der Waals surface area (Å²) in [7, 11) is 1.75. The van der Waals surface area contributed by atoms with E-state index in [1.54, 1.807) is 11.6 Å². The van der Waals surface area contributed by atoms with Crippen molar-refractivity contribution in [3.8, 4) is 0 Å². The number of hydrogen-bond acceptors (Lipinski definition) is 3. The average Bonchev–Trinajstić information content (AvgIpc) is 2.66. The van der Waals surface area contributed by atoms with Crippen LogP contribution in [-0.4, -0.2) is 16.1 Å². The Morgan fingerprint density at radius 2 is 1.88 bits per heavy atom. The zero-order valence-corrected chi connectivity index (χ0v) is 14.0. The van der Waals surface area contributed by atoms with Gasteiger partial charge in [-0.05, 0) is 36.1 Å². The molecule has 6 nitrogen and oxygen atoms in total. The number of fused-ring (bicyclic) bond motifs is 1. The minimum atomic E-state index is -0.209. The maximum atomic E-state index is 12.8. The SMILES string of the molecule is Cn1c(=O)c(C(CCc2ccccc2)CN=[N+]=[N-])nc2ccccc21. The first-order valence-corrected chi connectivity index (χ1v) is 8.21. The van der Waals surface area contributed by atoms with Crippen LogP contribution < -0.4 is 5.56 Å². The molecular weight excluding hydrogens is 314 g/mol. The van der Waals surface area contributed by atoms with Gasteiger partial charge < -0.3 is 4.57 Å². The van der Waals surface area contributed by atoms with Crippen molar-refractivity contribution in [3.63, 3.8) is 0 Å². The number of nitrogens with zero attached hydrogens (tertiary/aromatic N) is 5. The predicted octanol–water partition coefficient (Wildman–Crippen LogP) is 3.96. The van der Waals surface area contributed by atoms with E-state index >= 15 is 0 Å². The molecule has 0 radical (unpaired) electrons. The molecule has 0 saturated carbocycles. The summed E-state index contributed by atoms with van der Waals surface area (Å²) in [5, 5.41) is 3.70. The van der Waals surface area contributed by atoms with Crippen LogP contribution in [0.25, 0.3) is 21.5 Å². The third kappa shape index (κ3) is 3.70. The summed E-state index contributed by atoms with van der Waals surface area (Å²) in [5.74, 6) is -0.209. The van der Waals surface area contributed by atoms with Gasteiger partial charge in [0.15, 0.2) is 0 Å². The highest BCUT2D eigenvalue weighted by Gasteiger charge is 2.19. The molecule has 0 aliphatic carbocycles. The maximum Gasteiger partial charge on any atom is 0.272 e. The number of hydrogen-bond donors (Lipinski definition) is 0. The number of aromatic nitrogens is 2. The Bertz CT molecular complexity index is 974. The summed E-state index contributed by atoms with van der Waals surface area (Å²) >= 11 is 0. The number of aryl methyl sites for hydroxylation is 2. The van der Waals surface area contributed by atoms with Gasteiger partial charge in [-0.1, -0.05) is 47.6 Å². The zero-order chi connectivity index (χ0) is 17.6. The Kier molecular flexibility index (Phi) is 5.11. The molecule has 1 atom stereocenters. The molecule has 0 aliphatic heterocycles. The maximum absolute atomic E-state index is 12.8. The lowest BCUT2D eigenvalue weighted by Crippen LogP contribution is -2.26. The van der Waals surface area contributed by atoms with Crippen molar-refractivity contribution in [3.05, 3.63) is 86.7 Å². The molecule has 0 fully saturated rings. The van der Waals surface area contributed by atoms with E-state index in [4.69, 9.17) is 5.53 Å². The van der Waals surface area contributed by atoms with Gasteiger partial charge in [0.2, 0.25) is 0 Å². The van der Waals surface area contributed by atoms with E-state index in [2.05, 4.69) is 27.1 Å². The second-order valence-electron chi connectivity index (χ2n) is 5.98. The van der Waals surface area contributed by atoms with Gasteiger partial charge in [0, 0.05) is 24.4 Å². The fraction of sp³-hybridized carbons (Fsp3) is 0.263.